The van der Waals surface area contributed by atoms with Crippen molar-refractivity contribution in [3.05, 3.63) is 99.0 Å². The Balaban J connectivity index is 1.40. The van der Waals surface area contributed by atoms with E-state index in [4.69, 9.17) is 34.8 Å². The van der Waals surface area contributed by atoms with Gasteiger partial charge in [-0.05, 0) is 48.4 Å². The van der Waals surface area contributed by atoms with Gasteiger partial charge in [0.25, 0.3) is 5.91 Å². The van der Waals surface area contributed by atoms with Gasteiger partial charge < -0.3 is 15.1 Å². The van der Waals surface area contributed by atoms with Crippen LogP contribution >= 0.6 is 34.8 Å². The Morgan fingerprint density at radius 3 is 2.26 bits per heavy atom. The van der Waals surface area contributed by atoms with Crippen molar-refractivity contribution in [3.63, 3.8) is 0 Å². The Kier molecular flexibility index (Phi) is 8.55. The van der Waals surface area contributed by atoms with Crippen molar-refractivity contribution in [3.8, 4) is 0 Å². The number of hydrogen-bond acceptors (Lipinski definition) is 3. The summed E-state index contributed by atoms with van der Waals surface area (Å²) in [5.41, 5.74) is 2.52. The van der Waals surface area contributed by atoms with Crippen molar-refractivity contribution in [2.24, 2.45) is 0 Å². The van der Waals surface area contributed by atoms with E-state index in [2.05, 4.69) is 10.2 Å². The van der Waals surface area contributed by atoms with Crippen LogP contribution in [0.25, 0.3) is 0 Å². The van der Waals surface area contributed by atoms with Crippen molar-refractivity contribution in [1.82, 2.24) is 10.2 Å². The highest BCUT2D eigenvalue weighted by Gasteiger charge is 2.25. The molecule has 8 heteroatoms. The molecular formula is C27H26Cl3N3O2. The first-order valence-electron chi connectivity index (χ1n) is 11.5. The number of carbonyl (C=O) groups is 2. The first-order chi connectivity index (χ1) is 16.9. The molecule has 0 spiro atoms. The first kappa shape index (κ1) is 25.4. The van der Waals surface area contributed by atoms with E-state index in [0.717, 1.165) is 11.3 Å². The molecule has 1 heterocycles. The molecule has 0 aromatic heterocycles. The molecule has 2 amide bonds. The maximum atomic E-state index is 13.2. The van der Waals surface area contributed by atoms with Crippen LogP contribution < -0.4 is 10.2 Å². The van der Waals surface area contributed by atoms with Gasteiger partial charge in [-0.2, -0.15) is 0 Å². The van der Waals surface area contributed by atoms with Crippen molar-refractivity contribution in [2.45, 2.75) is 18.9 Å². The molecule has 0 bridgehead atoms. The Hall–Kier alpha value is -2.73. The van der Waals surface area contributed by atoms with Gasteiger partial charge in [0.1, 0.15) is 0 Å². The van der Waals surface area contributed by atoms with E-state index in [-0.39, 0.29) is 24.3 Å². The maximum Gasteiger partial charge on any atom is 0.251 e. The quantitative estimate of drug-likeness (QED) is 0.425. The summed E-state index contributed by atoms with van der Waals surface area (Å²) in [6.45, 7) is 2.59. The molecule has 35 heavy (non-hydrogen) atoms. The number of nitrogens with one attached hydrogen (secondary N) is 1. The SMILES string of the molecule is O=C(N[C@@H](CC(=O)N1CCN(c2ccc(Cl)c(Cl)c2)CC1)Cc1ccccc1)c1cccc(Cl)c1. The average Bonchev–Trinajstić information content (AvgIpc) is 2.86. The monoisotopic (exact) mass is 529 g/mol. The fraction of sp³-hybridized carbons (Fsp3) is 0.259. The molecule has 0 aliphatic carbocycles. The molecule has 1 N–H and O–H groups in total. The topological polar surface area (TPSA) is 52.7 Å². The van der Waals surface area contributed by atoms with Crippen LogP contribution in [-0.2, 0) is 11.2 Å². The van der Waals surface area contributed by atoms with Gasteiger partial charge >= 0.3 is 0 Å². The van der Waals surface area contributed by atoms with Crippen LogP contribution in [0.1, 0.15) is 22.3 Å². The minimum Gasteiger partial charge on any atom is -0.368 e. The third-order valence-corrected chi connectivity index (χ3v) is 7.04. The zero-order valence-corrected chi connectivity index (χ0v) is 21.4. The highest BCUT2D eigenvalue weighted by molar-refractivity contribution is 6.42. The highest BCUT2D eigenvalue weighted by Crippen LogP contribution is 2.28. The number of carbonyl (C=O) groups excluding carboxylic acids is 2. The van der Waals surface area contributed by atoms with E-state index in [1.165, 1.54) is 0 Å². The number of piperazine rings is 1. The van der Waals surface area contributed by atoms with Crippen molar-refractivity contribution in [2.75, 3.05) is 31.1 Å². The standard InChI is InChI=1S/C27H26Cl3N3O2/c28-21-8-4-7-20(16-21)27(35)31-22(15-19-5-2-1-3-6-19)17-26(34)33-13-11-32(12-14-33)23-9-10-24(29)25(30)18-23/h1-10,16,18,22H,11-15,17H2,(H,31,35)/t22-/m1/s1. The number of hydrogen-bond donors (Lipinski definition) is 1. The summed E-state index contributed by atoms with van der Waals surface area (Å²) in [6, 6.07) is 21.9. The molecule has 1 aliphatic heterocycles. The summed E-state index contributed by atoms with van der Waals surface area (Å²) in [5, 5.41) is 4.57. The number of anilines is 1. The fourth-order valence-corrected chi connectivity index (χ4v) is 4.69. The molecule has 1 saturated heterocycles. The van der Waals surface area contributed by atoms with Crippen LogP contribution in [0.5, 0.6) is 0 Å². The van der Waals surface area contributed by atoms with E-state index in [0.29, 0.717) is 53.2 Å². The van der Waals surface area contributed by atoms with Gasteiger partial charge in [-0.3, -0.25) is 9.59 Å². The van der Waals surface area contributed by atoms with Gasteiger partial charge in [0, 0.05) is 54.9 Å². The summed E-state index contributed by atoms with van der Waals surface area (Å²) in [7, 11) is 0. The first-order valence-corrected chi connectivity index (χ1v) is 12.6. The van der Waals surface area contributed by atoms with Gasteiger partial charge in [-0.25, -0.2) is 0 Å². The molecule has 0 unspecified atom stereocenters. The van der Waals surface area contributed by atoms with Crippen LogP contribution in [0.4, 0.5) is 5.69 Å². The average molecular weight is 531 g/mol. The van der Waals surface area contributed by atoms with Crippen molar-refractivity contribution >= 4 is 52.3 Å². The third-order valence-electron chi connectivity index (χ3n) is 6.07. The van der Waals surface area contributed by atoms with Gasteiger partial charge in [0.05, 0.1) is 10.0 Å². The summed E-state index contributed by atoms with van der Waals surface area (Å²) >= 11 is 18.3. The van der Waals surface area contributed by atoms with Crippen LogP contribution in [0, 0.1) is 0 Å². The van der Waals surface area contributed by atoms with Gasteiger partial charge in [0.2, 0.25) is 5.91 Å². The second kappa shape index (κ2) is 11.8. The fourth-order valence-electron chi connectivity index (χ4n) is 4.21. The minimum absolute atomic E-state index is 0.0195. The van der Waals surface area contributed by atoms with Crippen LogP contribution in [0.15, 0.2) is 72.8 Å². The summed E-state index contributed by atoms with van der Waals surface area (Å²) in [4.78, 5) is 30.1. The van der Waals surface area contributed by atoms with Crippen LogP contribution in [0.2, 0.25) is 15.1 Å². The smallest absolute Gasteiger partial charge is 0.251 e. The van der Waals surface area contributed by atoms with Crippen LogP contribution in [0.3, 0.4) is 0 Å². The number of nitrogens with zero attached hydrogens (tertiary/aromatic N) is 2. The van der Waals surface area contributed by atoms with Gasteiger partial charge in [-0.15, -0.1) is 0 Å². The molecule has 3 aromatic rings. The molecule has 0 saturated carbocycles. The number of rotatable bonds is 7. The number of halogens is 3. The molecule has 3 aromatic carbocycles. The lowest BCUT2D eigenvalue weighted by Crippen LogP contribution is -2.50. The largest absolute Gasteiger partial charge is 0.368 e. The molecule has 5 nitrogen and oxygen atoms in total. The molecule has 1 fully saturated rings. The lowest BCUT2D eigenvalue weighted by atomic mass is 10.0. The molecule has 0 radical (unpaired) electrons. The van der Waals surface area contributed by atoms with E-state index in [9.17, 15) is 9.59 Å². The summed E-state index contributed by atoms with van der Waals surface area (Å²) in [6.07, 6.45) is 0.774. The zero-order valence-electron chi connectivity index (χ0n) is 19.1. The summed E-state index contributed by atoms with van der Waals surface area (Å²) < 4.78 is 0. The van der Waals surface area contributed by atoms with Gasteiger partial charge in [0.15, 0.2) is 0 Å². The predicted octanol–water partition coefficient (Wildman–Crippen LogP) is 5.73. The van der Waals surface area contributed by atoms with E-state index < -0.39 is 0 Å². The molecular weight excluding hydrogens is 505 g/mol. The van der Waals surface area contributed by atoms with Crippen molar-refractivity contribution in [1.29, 1.82) is 0 Å². The normalized spacial score (nSPS) is 14.5. The van der Waals surface area contributed by atoms with Gasteiger partial charge in [-0.1, -0.05) is 71.2 Å². The molecule has 4 rings (SSSR count). The number of benzene rings is 3. The van der Waals surface area contributed by atoms with Crippen LogP contribution in [-0.4, -0.2) is 48.9 Å². The molecule has 1 aliphatic rings. The highest BCUT2D eigenvalue weighted by atomic mass is 35.5. The second-order valence-corrected chi connectivity index (χ2v) is 9.79. The summed E-state index contributed by atoms with van der Waals surface area (Å²) in [5.74, 6) is -0.225. The van der Waals surface area contributed by atoms with E-state index in [1.807, 2.05) is 47.4 Å². The van der Waals surface area contributed by atoms with E-state index in [1.54, 1.807) is 30.3 Å². The Labute approximate surface area is 220 Å². The minimum atomic E-state index is -0.343. The van der Waals surface area contributed by atoms with Crippen molar-refractivity contribution < 1.29 is 9.59 Å². The maximum absolute atomic E-state index is 13.2. The third kappa shape index (κ3) is 6.91. The lowest BCUT2D eigenvalue weighted by Gasteiger charge is -2.37. The Morgan fingerprint density at radius 2 is 1.57 bits per heavy atom. The molecule has 1 atom stereocenters. The second-order valence-electron chi connectivity index (χ2n) is 8.54. The Morgan fingerprint density at radius 1 is 0.829 bits per heavy atom. The zero-order chi connectivity index (χ0) is 24.8. The lowest BCUT2D eigenvalue weighted by molar-refractivity contribution is -0.131. The number of amides is 2. The molecule has 182 valence electrons. The Bertz CT molecular complexity index is 1180. The van der Waals surface area contributed by atoms with E-state index >= 15 is 0 Å². The predicted molar refractivity (Wildman–Crippen MR) is 143 cm³/mol.